The third-order valence-electron chi connectivity index (χ3n) is 4.01. The molecule has 1 aliphatic heterocycles. The molecule has 4 rings (SSSR count). The molecule has 0 atom stereocenters. The number of fused-ring (bicyclic) bond motifs is 2. The average molecular weight is 329 g/mol. The molecule has 2 N–H and O–H groups in total. The van der Waals surface area contributed by atoms with Gasteiger partial charge in [0.1, 0.15) is 0 Å². The van der Waals surface area contributed by atoms with Crippen molar-refractivity contribution in [3.05, 3.63) is 17.7 Å². The fraction of sp³-hybridized carbons (Fsp3) is 0.333. The number of imidazole rings is 1. The number of benzene rings is 1. The third-order valence-corrected chi connectivity index (χ3v) is 4.52. The van der Waals surface area contributed by atoms with Crippen LogP contribution in [0.15, 0.2) is 21.8 Å². The van der Waals surface area contributed by atoms with Crippen LogP contribution in [0.4, 0.5) is 5.69 Å². The molecule has 0 saturated carbocycles. The zero-order chi connectivity index (χ0) is 16.2. The number of nitrogens with zero attached hydrogens (tertiary/aromatic N) is 3. The van der Waals surface area contributed by atoms with Crippen molar-refractivity contribution in [2.24, 2.45) is 0 Å². The van der Waals surface area contributed by atoms with Gasteiger partial charge < -0.3 is 14.7 Å². The van der Waals surface area contributed by atoms with E-state index in [0.717, 1.165) is 22.3 Å². The Morgan fingerprint density at radius 1 is 1.30 bits per heavy atom. The zero-order valence-electron chi connectivity index (χ0n) is 12.9. The first kappa shape index (κ1) is 14.3. The molecule has 118 valence electrons. The van der Waals surface area contributed by atoms with Crippen molar-refractivity contribution in [2.45, 2.75) is 30.9 Å². The van der Waals surface area contributed by atoms with Crippen molar-refractivity contribution in [2.75, 3.05) is 11.6 Å². The molecule has 0 fully saturated rings. The van der Waals surface area contributed by atoms with Gasteiger partial charge in [-0.05, 0) is 24.0 Å². The van der Waals surface area contributed by atoms with Gasteiger partial charge in [0.15, 0.2) is 5.82 Å². The molecule has 1 aromatic carbocycles. The van der Waals surface area contributed by atoms with Crippen LogP contribution in [0.1, 0.15) is 25.8 Å². The molecule has 3 heterocycles. The molecule has 0 saturated heterocycles. The molecule has 0 bridgehead atoms. The number of carbonyl (C=O) groups is 1. The predicted molar refractivity (Wildman–Crippen MR) is 87.4 cm³/mol. The van der Waals surface area contributed by atoms with Crippen LogP contribution in [0.5, 0.6) is 0 Å². The summed E-state index contributed by atoms with van der Waals surface area (Å²) in [7, 11) is 0. The molecule has 0 unspecified atom stereocenters. The maximum atomic E-state index is 11.9. The molecule has 0 aliphatic carbocycles. The van der Waals surface area contributed by atoms with Crippen LogP contribution in [0, 0.1) is 0 Å². The van der Waals surface area contributed by atoms with Gasteiger partial charge in [0.05, 0.1) is 11.0 Å². The molecule has 1 amide bonds. The van der Waals surface area contributed by atoms with Crippen molar-refractivity contribution in [3.8, 4) is 11.7 Å². The van der Waals surface area contributed by atoms with E-state index in [0.29, 0.717) is 23.4 Å². The number of anilines is 1. The smallest absolute Gasteiger partial charge is 0.284 e. The van der Waals surface area contributed by atoms with Crippen LogP contribution >= 0.6 is 11.8 Å². The zero-order valence-corrected chi connectivity index (χ0v) is 13.7. The van der Waals surface area contributed by atoms with Crippen LogP contribution in [-0.4, -0.2) is 32.3 Å². The Balaban J connectivity index is 1.85. The van der Waals surface area contributed by atoms with E-state index in [2.05, 4.69) is 39.3 Å². The minimum Gasteiger partial charge on any atom is -0.408 e. The summed E-state index contributed by atoms with van der Waals surface area (Å²) in [6.07, 6.45) is 2.34. The van der Waals surface area contributed by atoms with Crippen molar-refractivity contribution in [3.63, 3.8) is 0 Å². The van der Waals surface area contributed by atoms with Gasteiger partial charge in [0.2, 0.25) is 5.91 Å². The molecule has 8 heteroatoms. The molecular formula is C15H15N5O2S. The summed E-state index contributed by atoms with van der Waals surface area (Å²) in [6, 6.07) is 3.92. The summed E-state index contributed by atoms with van der Waals surface area (Å²) in [5.41, 5.74) is 3.32. The highest BCUT2D eigenvalue weighted by molar-refractivity contribution is 7.98. The van der Waals surface area contributed by atoms with E-state index in [1.165, 1.54) is 11.8 Å². The lowest BCUT2D eigenvalue weighted by atomic mass is 9.78. The number of aromatic nitrogens is 4. The monoisotopic (exact) mass is 329 g/mol. The number of amides is 1. The van der Waals surface area contributed by atoms with Gasteiger partial charge in [-0.1, -0.05) is 25.6 Å². The Kier molecular flexibility index (Phi) is 2.99. The van der Waals surface area contributed by atoms with Gasteiger partial charge in [-0.25, -0.2) is 4.98 Å². The van der Waals surface area contributed by atoms with E-state index < -0.39 is 0 Å². The number of thioether (sulfide) groups is 1. The lowest BCUT2D eigenvalue weighted by Crippen LogP contribution is -2.32. The first-order valence-electron chi connectivity index (χ1n) is 7.18. The number of aromatic amines is 1. The van der Waals surface area contributed by atoms with Gasteiger partial charge in [-0.3, -0.25) is 4.79 Å². The fourth-order valence-electron chi connectivity index (χ4n) is 2.90. The molecule has 23 heavy (non-hydrogen) atoms. The minimum absolute atomic E-state index is 0.0270. The molecule has 1 aliphatic rings. The molecular weight excluding hydrogens is 314 g/mol. The SMILES string of the molecule is CSc1nnc(-c2nc3cc4c(cc3[nH]2)C(C)(C)CC(=O)N4)o1. The quantitative estimate of drug-likeness (QED) is 0.702. The Labute approximate surface area is 136 Å². The lowest BCUT2D eigenvalue weighted by molar-refractivity contribution is -0.117. The molecule has 7 nitrogen and oxygen atoms in total. The number of nitrogens with one attached hydrogen (secondary N) is 2. The van der Waals surface area contributed by atoms with Crippen LogP contribution in [0.3, 0.4) is 0 Å². The van der Waals surface area contributed by atoms with E-state index in [4.69, 9.17) is 4.42 Å². The second kappa shape index (κ2) is 4.82. The highest BCUT2D eigenvalue weighted by atomic mass is 32.2. The van der Waals surface area contributed by atoms with Crippen LogP contribution in [0.25, 0.3) is 22.7 Å². The average Bonchev–Trinajstić information content (AvgIpc) is 3.10. The van der Waals surface area contributed by atoms with Gasteiger partial charge in [-0.15, -0.1) is 10.2 Å². The van der Waals surface area contributed by atoms with E-state index in [1.807, 2.05) is 18.4 Å². The molecule has 3 aromatic rings. The standard InChI is InChI=1S/C15H15N5O2S/c1-15(2)6-11(21)16-8-5-10-9(4-7(8)15)17-12(18-10)13-19-20-14(22-13)23-3/h4-5H,6H2,1-3H3,(H,16,21)(H,17,18). The van der Waals surface area contributed by atoms with Crippen molar-refractivity contribution in [1.29, 1.82) is 0 Å². The van der Waals surface area contributed by atoms with E-state index in [9.17, 15) is 4.79 Å². The minimum atomic E-state index is -0.215. The fourth-order valence-corrected chi connectivity index (χ4v) is 3.19. The van der Waals surface area contributed by atoms with Crippen molar-refractivity contribution < 1.29 is 9.21 Å². The second-order valence-electron chi connectivity index (χ2n) is 6.19. The molecule has 0 radical (unpaired) electrons. The normalized spacial score (nSPS) is 16.4. The van der Waals surface area contributed by atoms with Gasteiger partial charge in [-0.2, -0.15) is 0 Å². The summed E-state index contributed by atoms with van der Waals surface area (Å²) in [4.78, 5) is 19.6. The summed E-state index contributed by atoms with van der Waals surface area (Å²) >= 11 is 1.38. The first-order chi connectivity index (χ1) is 11.0. The second-order valence-corrected chi connectivity index (χ2v) is 6.94. The number of hydrogen-bond acceptors (Lipinski definition) is 6. The largest absolute Gasteiger partial charge is 0.408 e. The summed E-state index contributed by atoms with van der Waals surface area (Å²) in [6.45, 7) is 4.13. The number of hydrogen-bond donors (Lipinski definition) is 2. The Morgan fingerprint density at radius 3 is 2.87 bits per heavy atom. The maximum absolute atomic E-state index is 11.9. The number of H-pyrrole nitrogens is 1. The predicted octanol–water partition coefficient (Wildman–Crippen LogP) is 2.95. The lowest BCUT2D eigenvalue weighted by Gasteiger charge is -2.31. The Bertz CT molecular complexity index is 927. The first-order valence-corrected chi connectivity index (χ1v) is 8.41. The summed E-state index contributed by atoms with van der Waals surface area (Å²) in [5, 5.41) is 11.3. The molecule has 2 aromatic heterocycles. The summed E-state index contributed by atoms with van der Waals surface area (Å²) < 4.78 is 5.51. The van der Waals surface area contributed by atoms with Gasteiger partial charge in [0, 0.05) is 17.5 Å². The third kappa shape index (κ3) is 2.29. The van der Waals surface area contributed by atoms with E-state index in [-0.39, 0.29) is 11.3 Å². The van der Waals surface area contributed by atoms with Gasteiger partial charge in [0.25, 0.3) is 11.1 Å². The Morgan fingerprint density at radius 2 is 2.13 bits per heavy atom. The van der Waals surface area contributed by atoms with E-state index in [1.54, 1.807) is 0 Å². The number of rotatable bonds is 2. The number of carbonyl (C=O) groups excluding carboxylic acids is 1. The van der Waals surface area contributed by atoms with Crippen LogP contribution in [-0.2, 0) is 10.2 Å². The maximum Gasteiger partial charge on any atom is 0.284 e. The Hall–Kier alpha value is -2.35. The van der Waals surface area contributed by atoms with Gasteiger partial charge >= 0.3 is 0 Å². The van der Waals surface area contributed by atoms with Crippen molar-refractivity contribution >= 4 is 34.4 Å². The van der Waals surface area contributed by atoms with Crippen molar-refractivity contribution in [1.82, 2.24) is 20.2 Å². The van der Waals surface area contributed by atoms with Crippen LogP contribution < -0.4 is 5.32 Å². The highest BCUT2D eigenvalue weighted by Gasteiger charge is 2.32. The topological polar surface area (TPSA) is 96.7 Å². The highest BCUT2D eigenvalue weighted by Crippen LogP contribution is 2.39. The molecule has 0 spiro atoms. The summed E-state index contributed by atoms with van der Waals surface area (Å²) in [5.74, 6) is 0.908. The van der Waals surface area contributed by atoms with E-state index >= 15 is 0 Å². The van der Waals surface area contributed by atoms with Crippen LogP contribution in [0.2, 0.25) is 0 Å².